The fraction of sp³-hybridized carbons (Fsp3) is 0.571. The van der Waals surface area contributed by atoms with Crippen LogP contribution in [0.3, 0.4) is 0 Å². The lowest BCUT2D eigenvalue weighted by atomic mass is 10.0. The van der Waals surface area contributed by atoms with Crippen LogP contribution in [-0.4, -0.2) is 38.9 Å². The van der Waals surface area contributed by atoms with E-state index in [9.17, 15) is 8.42 Å². The summed E-state index contributed by atoms with van der Waals surface area (Å²) in [6.07, 6.45) is 1.81. The van der Waals surface area contributed by atoms with Crippen LogP contribution in [0.25, 0.3) is 0 Å². The summed E-state index contributed by atoms with van der Waals surface area (Å²) >= 11 is 0. The van der Waals surface area contributed by atoms with E-state index in [2.05, 4.69) is 19.2 Å². The molecule has 0 aromatic heterocycles. The molecule has 0 unspecified atom stereocenters. The van der Waals surface area contributed by atoms with Crippen molar-refractivity contribution in [2.75, 3.05) is 26.2 Å². The lowest BCUT2D eigenvalue weighted by Gasteiger charge is -2.27. The number of nitrogens with zero attached hydrogens (tertiary/aromatic N) is 1. The molecule has 1 N–H and O–H groups in total. The monoisotopic (exact) mass is 318 g/mol. The molecule has 6 heteroatoms. The minimum Gasteiger partial charge on any atom is -0.314 e. The smallest absolute Gasteiger partial charge is 0.243 e. The highest BCUT2D eigenvalue weighted by Gasteiger charge is 2.26. The van der Waals surface area contributed by atoms with Gasteiger partial charge in [-0.3, -0.25) is 0 Å². The van der Waals surface area contributed by atoms with Crippen LogP contribution in [0.5, 0.6) is 0 Å². The van der Waals surface area contributed by atoms with Crippen molar-refractivity contribution in [3.8, 4) is 0 Å². The molecule has 1 aliphatic rings. The molecule has 1 aromatic carbocycles. The second-order valence-electron chi connectivity index (χ2n) is 4.79. The van der Waals surface area contributed by atoms with Gasteiger partial charge in [0.2, 0.25) is 10.0 Å². The van der Waals surface area contributed by atoms with Crippen LogP contribution in [0.2, 0.25) is 0 Å². The van der Waals surface area contributed by atoms with Crippen LogP contribution in [0.1, 0.15) is 25.0 Å². The molecule has 114 valence electrons. The summed E-state index contributed by atoms with van der Waals surface area (Å²) in [5.74, 6) is 0. The third kappa shape index (κ3) is 3.52. The van der Waals surface area contributed by atoms with Crippen LogP contribution in [0.4, 0.5) is 0 Å². The normalized spacial score (nSPS) is 16.7. The van der Waals surface area contributed by atoms with Crippen LogP contribution in [0.15, 0.2) is 23.1 Å². The molecule has 0 aliphatic carbocycles. The largest absolute Gasteiger partial charge is 0.314 e. The molecule has 0 bridgehead atoms. The Morgan fingerprint density at radius 2 is 1.70 bits per heavy atom. The van der Waals surface area contributed by atoms with Crippen molar-refractivity contribution < 1.29 is 8.42 Å². The zero-order chi connectivity index (χ0) is 13.9. The number of aryl methyl sites for hydroxylation is 2. The second-order valence-corrected chi connectivity index (χ2v) is 6.73. The van der Waals surface area contributed by atoms with E-state index in [1.807, 2.05) is 12.1 Å². The third-order valence-electron chi connectivity index (χ3n) is 3.65. The maximum Gasteiger partial charge on any atom is 0.243 e. The van der Waals surface area contributed by atoms with E-state index in [1.54, 1.807) is 10.4 Å². The number of sulfonamides is 1. The van der Waals surface area contributed by atoms with Crippen LogP contribution >= 0.6 is 12.4 Å². The van der Waals surface area contributed by atoms with Gasteiger partial charge in [0.05, 0.1) is 4.90 Å². The molecular formula is C14H23ClN2O2S. The summed E-state index contributed by atoms with van der Waals surface area (Å²) < 4.78 is 26.7. The molecule has 4 nitrogen and oxygen atoms in total. The van der Waals surface area contributed by atoms with Gasteiger partial charge in [-0.1, -0.05) is 19.9 Å². The van der Waals surface area contributed by atoms with E-state index >= 15 is 0 Å². The van der Waals surface area contributed by atoms with Crippen molar-refractivity contribution in [1.29, 1.82) is 0 Å². The minimum atomic E-state index is -3.33. The highest BCUT2D eigenvalue weighted by Crippen LogP contribution is 2.21. The highest BCUT2D eigenvalue weighted by atomic mass is 35.5. The first-order chi connectivity index (χ1) is 9.09. The molecule has 1 aliphatic heterocycles. The van der Waals surface area contributed by atoms with Gasteiger partial charge in [0.25, 0.3) is 0 Å². The molecule has 2 rings (SSSR count). The SMILES string of the molecule is CCc1ccc(S(=O)(=O)N2CCNCC2)cc1CC.Cl. The first kappa shape index (κ1) is 17.4. The molecule has 0 spiro atoms. The Morgan fingerprint density at radius 1 is 1.10 bits per heavy atom. The fourth-order valence-corrected chi connectivity index (χ4v) is 3.96. The van der Waals surface area contributed by atoms with Gasteiger partial charge in [-0.15, -0.1) is 12.4 Å². The number of rotatable bonds is 4. The Hall–Kier alpha value is -0.620. The summed E-state index contributed by atoms with van der Waals surface area (Å²) in [6.45, 7) is 6.73. The Kier molecular flexibility index (Phi) is 6.45. The lowest BCUT2D eigenvalue weighted by molar-refractivity contribution is 0.360. The summed E-state index contributed by atoms with van der Waals surface area (Å²) in [7, 11) is -3.33. The number of halogens is 1. The average Bonchev–Trinajstić information content (AvgIpc) is 2.47. The summed E-state index contributed by atoms with van der Waals surface area (Å²) in [5.41, 5.74) is 2.38. The number of piperazine rings is 1. The van der Waals surface area contributed by atoms with Crippen LogP contribution in [0, 0.1) is 0 Å². The van der Waals surface area contributed by atoms with Gasteiger partial charge in [0, 0.05) is 26.2 Å². The predicted molar refractivity (Wildman–Crippen MR) is 84.1 cm³/mol. The van der Waals surface area contributed by atoms with Crippen LogP contribution < -0.4 is 5.32 Å². The Bertz CT molecular complexity index is 540. The second kappa shape index (κ2) is 7.41. The van der Waals surface area contributed by atoms with Gasteiger partial charge < -0.3 is 5.32 Å². The molecule has 0 atom stereocenters. The zero-order valence-corrected chi connectivity index (χ0v) is 13.7. The molecule has 0 amide bonds. The van der Waals surface area contributed by atoms with Crippen molar-refractivity contribution in [2.45, 2.75) is 31.6 Å². The van der Waals surface area contributed by atoms with E-state index in [1.165, 1.54) is 5.56 Å². The van der Waals surface area contributed by atoms with E-state index in [0.717, 1.165) is 31.5 Å². The summed E-state index contributed by atoms with van der Waals surface area (Å²) in [4.78, 5) is 0.434. The van der Waals surface area contributed by atoms with Crippen molar-refractivity contribution in [3.05, 3.63) is 29.3 Å². The van der Waals surface area contributed by atoms with Crippen molar-refractivity contribution in [2.24, 2.45) is 0 Å². The first-order valence-corrected chi connectivity index (χ1v) is 8.36. The topological polar surface area (TPSA) is 49.4 Å². The molecule has 0 radical (unpaired) electrons. The highest BCUT2D eigenvalue weighted by molar-refractivity contribution is 7.89. The third-order valence-corrected chi connectivity index (χ3v) is 5.55. The molecule has 0 saturated carbocycles. The van der Waals surface area contributed by atoms with Gasteiger partial charge in [-0.2, -0.15) is 4.31 Å². The number of hydrogen-bond acceptors (Lipinski definition) is 3. The predicted octanol–water partition coefficient (Wildman–Crippen LogP) is 1.83. The van der Waals surface area contributed by atoms with Gasteiger partial charge in [-0.25, -0.2) is 8.42 Å². The van der Waals surface area contributed by atoms with E-state index in [-0.39, 0.29) is 12.4 Å². The molecule has 1 saturated heterocycles. The van der Waals surface area contributed by atoms with Crippen molar-refractivity contribution >= 4 is 22.4 Å². The van der Waals surface area contributed by atoms with Crippen LogP contribution in [-0.2, 0) is 22.9 Å². The fourth-order valence-electron chi connectivity index (χ4n) is 2.47. The first-order valence-electron chi connectivity index (χ1n) is 6.92. The summed E-state index contributed by atoms with van der Waals surface area (Å²) in [6, 6.07) is 5.54. The quantitative estimate of drug-likeness (QED) is 0.921. The number of benzene rings is 1. The lowest BCUT2D eigenvalue weighted by Crippen LogP contribution is -2.46. The standard InChI is InChI=1S/C14H22N2O2S.ClH/c1-3-12-5-6-14(11-13(12)4-2)19(17,18)16-9-7-15-8-10-16;/h5-6,11,15H,3-4,7-10H2,1-2H3;1H. The van der Waals surface area contributed by atoms with Crippen molar-refractivity contribution in [1.82, 2.24) is 9.62 Å². The number of hydrogen-bond donors (Lipinski definition) is 1. The Balaban J connectivity index is 0.00000200. The van der Waals surface area contributed by atoms with E-state index in [0.29, 0.717) is 18.0 Å². The molecule has 1 fully saturated rings. The number of nitrogens with one attached hydrogen (secondary N) is 1. The summed E-state index contributed by atoms with van der Waals surface area (Å²) in [5, 5.41) is 3.17. The van der Waals surface area contributed by atoms with E-state index in [4.69, 9.17) is 0 Å². The molecule has 1 heterocycles. The average molecular weight is 319 g/mol. The Labute approximate surface area is 128 Å². The molecule has 20 heavy (non-hydrogen) atoms. The Morgan fingerprint density at radius 3 is 2.25 bits per heavy atom. The molecular weight excluding hydrogens is 296 g/mol. The molecule has 1 aromatic rings. The van der Waals surface area contributed by atoms with E-state index < -0.39 is 10.0 Å². The van der Waals surface area contributed by atoms with Gasteiger partial charge in [0.15, 0.2) is 0 Å². The maximum atomic E-state index is 12.6. The van der Waals surface area contributed by atoms with Crippen molar-refractivity contribution in [3.63, 3.8) is 0 Å². The van der Waals surface area contributed by atoms with Gasteiger partial charge in [0.1, 0.15) is 0 Å². The van der Waals surface area contributed by atoms with Gasteiger partial charge >= 0.3 is 0 Å². The maximum absolute atomic E-state index is 12.6. The van der Waals surface area contributed by atoms with Gasteiger partial charge in [-0.05, 0) is 36.1 Å². The zero-order valence-electron chi connectivity index (χ0n) is 12.1. The minimum absolute atomic E-state index is 0.